The Labute approximate surface area is 178 Å². The third-order valence-electron chi connectivity index (χ3n) is 4.84. The van der Waals surface area contributed by atoms with Crippen molar-refractivity contribution in [3.8, 4) is 0 Å². The Morgan fingerprint density at radius 3 is 2.43 bits per heavy atom. The van der Waals surface area contributed by atoms with E-state index in [-0.39, 0.29) is 29.9 Å². The Balaban J connectivity index is 1.93. The predicted octanol–water partition coefficient (Wildman–Crippen LogP) is 2.41. The molecule has 7 nitrogen and oxygen atoms in total. The molecule has 158 valence electrons. The van der Waals surface area contributed by atoms with E-state index in [1.165, 1.54) is 11.6 Å². The number of aromatic nitrogens is 2. The minimum absolute atomic E-state index is 0.0732. The normalized spacial score (nSPS) is 12.3. The number of ketones is 1. The first kappa shape index (κ1) is 21.7. The molecule has 1 atom stereocenters. The molecule has 3 rings (SSSR count). The number of anilines is 1. The third-order valence-corrected chi connectivity index (χ3v) is 5.77. The van der Waals surface area contributed by atoms with Crippen molar-refractivity contribution in [2.75, 3.05) is 12.3 Å². The van der Waals surface area contributed by atoms with Crippen molar-refractivity contribution in [3.05, 3.63) is 84.7 Å². The van der Waals surface area contributed by atoms with Crippen molar-refractivity contribution >= 4 is 22.9 Å². The van der Waals surface area contributed by atoms with E-state index < -0.39 is 17.0 Å². The Kier molecular flexibility index (Phi) is 6.69. The topological polar surface area (TPSA) is 99.1 Å². The number of rotatable bonds is 8. The summed E-state index contributed by atoms with van der Waals surface area (Å²) in [5.74, 6) is -0.385. The molecular formula is C22H26N4O3S. The highest BCUT2D eigenvalue weighted by Gasteiger charge is 2.23. The second-order valence-corrected chi connectivity index (χ2v) is 8.55. The fourth-order valence-corrected chi connectivity index (χ4v) is 4.18. The molecule has 0 fully saturated rings. The van der Waals surface area contributed by atoms with Crippen molar-refractivity contribution in [1.29, 1.82) is 0 Å². The standard InChI is InChI=1S/C22H26N4O3S/c1-14(2)13-26-20(23)18(21(28)25(3)22(26)29)16(27)12-24-19(17-10-7-11-30-17)15-8-5-4-6-9-15/h4-11,14,19,24H,12-13,23H2,1-3H3/t19-/m0/s1. The Morgan fingerprint density at radius 2 is 1.83 bits per heavy atom. The molecule has 0 aliphatic rings. The van der Waals surface area contributed by atoms with E-state index in [0.717, 1.165) is 15.0 Å². The number of hydrogen-bond donors (Lipinski definition) is 2. The summed E-state index contributed by atoms with van der Waals surface area (Å²) in [5, 5.41) is 5.23. The Hall–Kier alpha value is -2.97. The van der Waals surface area contributed by atoms with Crippen molar-refractivity contribution in [2.45, 2.75) is 26.4 Å². The molecule has 30 heavy (non-hydrogen) atoms. The lowest BCUT2D eigenvalue weighted by molar-refractivity contribution is 0.0986. The molecule has 2 heterocycles. The summed E-state index contributed by atoms with van der Waals surface area (Å²) in [4.78, 5) is 39.2. The molecular weight excluding hydrogens is 400 g/mol. The highest BCUT2D eigenvalue weighted by molar-refractivity contribution is 7.10. The molecule has 2 aromatic heterocycles. The second kappa shape index (κ2) is 9.23. The number of hydrogen-bond acceptors (Lipinski definition) is 6. The number of thiophene rings is 1. The van der Waals surface area contributed by atoms with Crippen molar-refractivity contribution in [3.63, 3.8) is 0 Å². The summed E-state index contributed by atoms with van der Waals surface area (Å²) in [6, 6.07) is 13.5. The molecule has 8 heteroatoms. The van der Waals surface area contributed by atoms with E-state index in [0.29, 0.717) is 6.54 Å². The van der Waals surface area contributed by atoms with Gasteiger partial charge in [-0.25, -0.2) is 4.79 Å². The summed E-state index contributed by atoms with van der Waals surface area (Å²) >= 11 is 1.58. The third kappa shape index (κ3) is 4.44. The van der Waals surface area contributed by atoms with Gasteiger partial charge in [-0.05, 0) is 22.9 Å². The SMILES string of the molecule is CC(C)Cn1c(N)c(C(=O)CN[C@@H](c2ccccc2)c2cccs2)c(=O)n(C)c1=O. The van der Waals surface area contributed by atoms with Gasteiger partial charge in [-0.1, -0.05) is 50.2 Å². The molecule has 0 aliphatic carbocycles. The minimum Gasteiger partial charge on any atom is -0.384 e. The maximum Gasteiger partial charge on any atom is 0.332 e. The maximum absolute atomic E-state index is 13.0. The summed E-state index contributed by atoms with van der Waals surface area (Å²) in [7, 11) is 1.36. The average Bonchev–Trinajstić information content (AvgIpc) is 3.25. The van der Waals surface area contributed by atoms with Crippen LogP contribution in [0.2, 0.25) is 0 Å². The Bertz CT molecular complexity index is 1130. The predicted molar refractivity (Wildman–Crippen MR) is 120 cm³/mol. The maximum atomic E-state index is 13.0. The van der Waals surface area contributed by atoms with Gasteiger partial charge in [-0.2, -0.15) is 0 Å². The van der Waals surface area contributed by atoms with Crippen LogP contribution in [-0.4, -0.2) is 21.5 Å². The van der Waals surface area contributed by atoms with Crippen molar-refractivity contribution in [2.24, 2.45) is 13.0 Å². The van der Waals surface area contributed by atoms with Crippen LogP contribution >= 0.6 is 11.3 Å². The zero-order valence-corrected chi connectivity index (χ0v) is 18.1. The van der Waals surface area contributed by atoms with Gasteiger partial charge in [0.15, 0.2) is 5.78 Å². The zero-order chi connectivity index (χ0) is 21.8. The molecule has 0 amide bonds. The highest BCUT2D eigenvalue weighted by atomic mass is 32.1. The smallest absolute Gasteiger partial charge is 0.332 e. The molecule has 1 aromatic carbocycles. The summed E-state index contributed by atoms with van der Waals surface area (Å²) in [5.41, 5.74) is 5.79. The van der Waals surface area contributed by atoms with E-state index in [1.54, 1.807) is 11.3 Å². The van der Waals surface area contributed by atoms with Gasteiger partial charge in [0.05, 0.1) is 12.6 Å². The van der Waals surface area contributed by atoms with Crippen molar-refractivity contribution in [1.82, 2.24) is 14.5 Å². The number of carbonyl (C=O) groups is 1. The lowest BCUT2D eigenvalue weighted by atomic mass is 10.0. The van der Waals surface area contributed by atoms with Crippen LogP contribution in [0, 0.1) is 5.92 Å². The zero-order valence-electron chi connectivity index (χ0n) is 17.3. The second-order valence-electron chi connectivity index (χ2n) is 7.57. The van der Waals surface area contributed by atoms with Gasteiger partial charge in [-0.3, -0.25) is 24.0 Å². The Morgan fingerprint density at radius 1 is 1.13 bits per heavy atom. The average molecular weight is 427 g/mol. The number of nitrogen functional groups attached to an aromatic ring is 1. The largest absolute Gasteiger partial charge is 0.384 e. The van der Waals surface area contributed by atoms with Gasteiger partial charge in [0.1, 0.15) is 11.4 Å². The van der Waals surface area contributed by atoms with E-state index in [9.17, 15) is 14.4 Å². The quantitative estimate of drug-likeness (QED) is 0.539. The van der Waals surface area contributed by atoms with Gasteiger partial charge in [0.2, 0.25) is 0 Å². The van der Waals surface area contributed by atoms with Gasteiger partial charge >= 0.3 is 5.69 Å². The number of nitrogens with zero attached hydrogens (tertiary/aromatic N) is 2. The fraction of sp³-hybridized carbons (Fsp3) is 0.318. The van der Waals surface area contributed by atoms with Crippen LogP contribution in [0.25, 0.3) is 0 Å². The summed E-state index contributed by atoms with van der Waals surface area (Å²) in [6.45, 7) is 4.11. The van der Waals surface area contributed by atoms with Crippen LogP contribution in [0.4, 0.5) is 5.82 Å². The van der Waals surface area contributed by atoms with Crippen LogP contribution in [-0.2, 0) is 13.6 Å². The van der Waals surface area contributed by atoms with E-state index in [1.807, 2.05) is 61.7 Å². The summed E-state index contributed by atoms with van der Waals surface area (Å²) < 4.78 is 2.24. The molecule has 3 aromatic rings. The molecule has 0 saturated carbocycles. The van der Waals surface area contributed by atoms with Gasteiger partial charge in [0, 0.05) is 18.5 Å². The van der Waals surface area contributed by atoms with Crippen LogP contribution in [0.3, 0.4) is 0 Å². The first-order valence-corrected chi connectivity index (χ1v) is 10.6. The molecule has 0 bridgehead atoms. The van der Waals surface area contributed by atoms with E-state index in [2.05, 4.69) is 5.32 Å². The van der Waals surface area contributed by atoms with Crippen LogP contribution in [0.1, 0.15) is 40.7 Å². The van der Waals surface area contributed by atoms with Crippen LogP contribution < -0.4 is 22.3 Å². The molecule has 0 aliphatic heterocycles. The monoisotopic (exact) mass is 426 g/mol. The number of carbonyl (C=O) groups excluding carboxylic acids is 1. The lowest BCUT2D eigenvalue weighted by Crippen LogP contribution is -2.44. The molecule has 3 N–H and O–H groups in total. The van der Waals surface area contributed by atoms with Crippen LogP contribution in [0.15, 0.2) is 57.4 Å². The molecule has 0 saturated heterocycles. The first-order chi connectivity index (χ1) is 14.3. The number of nitrogens with two attached hydrogens (primary N) is 1. The number of benzene rings is 1. The molecule has 0 unspecified atom stereocenters. The lowest BCUT2D eigenvalue weighted by Gasteiger charge is -2.19. The van der Waals surface area contributed by atoms with Gasteiger partial charge in [-0.15, -0.1) is 11.3 Å². The minimum atomic E-state index is -0.670. The number of Topliss-reactive ketones (excluding diaryl/α,β-unsaturated/α-hetero) is 1. The van der Waals surface area contributed by atoms with E-state index in [4.69, 9.17) is 5.73 Å². The molecule has 0 spiro atoms. The van der Waals surface area contributed by atoms with E-state index >= 15 is 0 Å². The van der Waals surface area contributed by atoms with Gasteiger partial charge in [0.25, 0.3) is 5.56 Å². The summed E-state index contributed by atoms with van der Waals surface area (Å²) in [6.07, 6.45) is 0. The van der Waals surface area contributed by atoms with Gasteiger partial charge < -0.3 is 5.73 Å². The van der Waals surface area contributed by atoms with Crippen molar-refractivity contribution < 1.29 is 4.79 Å². The number of nitrogens with one attached hydrogen (secondary N) is 1. The van der Waals surface area contributed by atoms with Crippen LogP contribution in [0.5, 0.6) is 0 Å². The fourth-order valence-electron chi connectivity index (χ4n) is 3.35. The molecule has 0 radical (unpaired) electrons. The highest BCUT2D eigenvalue weighted by Crippen LogP contribution is 2.25. The first-order valence-electron chi connectivity index (χ1n) is 9.75.